The zero-order valence-corrected chi connectivity index (χ0v) is 14.8. The number of hydrogen-bond acceptors (Lipinski definition) is 5. The largest absolute Gasteiger partial charge is 0.371 e. The van der Waals surface area contributed by atoms with E-state index >= 15 is 0 Å². The molecule has 26 heavy (non-hydrogen) atoms. The number of rotatable bonds is 4. The third-order valence-corrected chi connectivity index (χ3v) is 6.28. The molecule has 0 spiro atoms. The van der Waals surface area contributed by atoms with Gasteiger partial charge in [0.05, 0.1) is 22.5 Å². The fraction of sp³-hybridized carbons (Fsp3) is 0.294. The zero-order valence-electron chi connectivity index (χ0n) is 14.0. The summed E-state index contributed by atoms with van der Waals surface area (Å²) in [7, 11) is -3.92. The van der Waals surface area contributed by atoms with Crippen molar-refractivity contribution in [2.45, 2.75) is 17.9 Å². The Hall–Kier alpha value is -2.36. The molecule has 1 heterocycles. The van der Waals surface area contributed by atoms with E-state index in [4.69, 9.17) is 4.74 Å². The molecule has 0 amide bonds. The third-order valence-electron chi connectivity index (χ3n) is 4.27. The van der Waals surface area contributed by atoms with E-state index < -0.39 is 21.1 Å². The fourth-order valence-electron chi connectivity index (χ4n) is 2.84. The Kier molecular flexibility index (Phi) is 5.03. The molecule has 1 aliphatic heterocycles. The van der Waals surface area contributed by atoms with Crippen molar-refractivity contribution >= 4 is 15.7 Å². The second kappa shape index (κ2) is 7.10. The number of halogens is 1. The molecule has 0 unspecified atom stereocenters. The number of aryl methyl sites for hydroxylation is 1. The number of hydrogen-bond donors (Lipinski definition) is 0. The molecular weight excluding hydrogens is 363 g/mol. The summed E-state index contributed by atoms with van der Waals surface area (Å²) >= 11 is 0. The maximum Gasteiger partial charge on any atom is 0.270 e. The highest BCUT2D eigenvalue weighted by Crippen LogP contribution is 2.29. The summed E-state index contributed by atoms with van der Waals surface area (Å²) in [6.07, 6.45) is -0.530. The normalized spacial score (nSPS) is 18.6. The van der Waals surface area contributed by atoms with Gasteiger partial charge >= 0.3 is 0 Å². The van der Waals surface area contributed by atoms with Crippen LogP contribution in [0.5, 0.6) is 0 Å². The van der Waals surface area contributed by atoms with E-state index in [2.05, 4.69) is 0 Å². The van der Waals surface area contributed by atoms with Gasteiger partial charge in [-0.25, -0.2) is 12.8 Å². The lowest BCUT2D eigenvalue weighted by molar-refractivity contribution is -0.385. The van der Waals surface area contributed by atoms with Crippen LogP contribution in [0, 0.1) is 22.9 Å². The van der Waals surface area contributed by atoms with Crippen LogP contribution in [0.1, 0.15) is 17.2 Å². The van der Waals surface area contributed by atoms with Crippen LogP contribution >= 0.6 is 0 Å². The summed E-state index contributed by atoms with van der Waals surface area (Å²) in [6.45, 7) is 1.96. The molecule has 138 valence electrons. The Balaban J connectivity index is 1.91. The summed E-state index contributed by atoms with van der Waals surface area (Å²) < 4.78 is 46.0. The Bertz CT molecular complexity index is 931. The molecule has 0 aliphatic carbocycles. The first-order valence-corrected chi connectivity index (χ1v) is 9.35. The van der Waals surface area contributed by atoms with Crippen molar-refractivity contribution in [3.63, 3.8) is 0 Å². The Morgan fingerprint density at radius 2 is 1.92 bits per heavy atom. The predicted molar refractivity (Wildman–Crippen MR) is 91.7 cm³/mol. The number of nitro groups is 1. The summed E-state index contributed by atoms with van der Waals surface area (Å²) in [4.78, 5) is 10.3. The van der Waals surface area contributed by atoms with Gasteiger partial charge in [-0.15, -0.1) is 0 Å². The van der Waals surface area contributed by atoms with E-state index in [0.29, 0.717) is 11.1 Å². The molecule has 0 radical (unpaired) electrons. The molecule has 1 fully saturated rings. The van der Waals surface area contributed by atoms with E-state index in [0.717, 1.165) is 6.07 Å². The zero-order chi connectivity index (χ0) is 18.9. The minimum Gasteiger partial charge on any atom is -0.371 e. The summed E-state index contributed by atoms with van der Waals surface area (Å²) in [5.41, 5.74) is 0.819. The number of nitro benzene ring substituents is 1. The highest BCUT2D eigenvalue weighted by molar-refractivity contribution is 7.89. The minimum atomic E-state index is -3.92. The van der Waals surface area contributed by atoms with Gasteiger partial charge in [0.15, 0.2) is 0 Å². The first-order chi connectivity index (χ1) is 12.3. The van der Waals surface area contributed by atoms with Gasteiger partial charge in [0.1, 0.15) is 5.82 Å². The second-order valence-electron chi connectivity index (χ2n) is 5.98. The van der Waals surface area contributed by atoms with Gasteiger partial charge in [0.25, 0.3) is 5.69 Å². The van der Waals surface area contributed by atoms with E-state index in [-0.39, 0.29) is 36.1 Å². The molecule has 0 N–H and O–H groups in total. The van der Waals surface area contributed by atoms with Crippen LogP contribution in [0.2, 0.25) is 0 Å². The van der Waals surface area contributed by atoms with Gasteiger partial charge in [0, 0.05) is 25.2 Å². The van der Waals surface area contributed by atoms with E-state index in [9.17, 15) is 22.9 Å². The quantitative estimate of drug-likeness (QED) is 0.601. The molecular formula is C17H17FN2O5S. The average Bonchev–Trinajstić information content (AvgIpc) is 2.62. The average molecular weight is 380 g/mol. The molecule has 2 aromatic rings. The summed E-state index contributed by atoms with van der Waals surface area (Å²) in [6, 6.07) is 9.45. The van der Waals surface area contributed by atoms with Crippen LogP contribution in [0.25, 0.3) is 0 Å². The lowest BCUT2D eigenvalue weighted by Crippen LogP contribution is -2.42. The Morgan fingerprint density at radius 1 is 1.23 bits per heavy atom. The van der Waals surface area contributed by atoms with Crippen LogP contribution in [0.3, 0.4) is 0 Å². The standard InChI is InChI=1S/C17H17FN2O5S/c1-12-2-7-15(20(21)22)10-17(12)26(23,24)19-8-9-25-16(11-19)13-3-5-14(18)6-4-13/h2-7,10,16H,8-9,11H2,1H3/t16-/m0/s1. The van der Waals surface area contributed by atoms with Crippen molar-refractivity contribution in [3.8, 4) is 0 Å². The van der Waals surface area contributed by atoms with Crippen LogP contribution in [-0.4, -0.2) is 37.3 Å². The molecule has 1 saturated heterocycles. The Morgan fingerprint density at radius 3 is 2.58 bits per heavy atom. The maximum absolute atomic E-state index is 13.1. The van der Waals surface area contributed by atoms with Crippen molar-refractivity contribution in [1.29, 1.82) is 0 Å². The van der Waals surface area contributed by atoms with Gasteiger partial charge in [0.2, 0.25) is 10.0 Å². The van der Waals surface area contributed by atoms with Gasteiger partial charge in [-0.05, 0) is 30.2 Å². The van der Waals surface area contributed by atoms with Gasteiger partial charge in [-0.1, -0.05) is 18.2 Å². The van der Waals surface area contributed by atoms with Crippen molar-refractivity contribution in [2.75, 3.05) is 19.7 Å². The van der Waals surface area contributed by atoms with Crippen LogP contribution in [0.4, 0.5) is 10.1 Å². The van der Waals surface area contributed by atoms with E-state index in [1.807, 2.05) is 0 Å². The molecule has 0 saturated carbocycles. The number of non-ortho nitro benzene ring substituents is 1. The van der Waals surface area contributed by atoms with E-state index in [1.165, 1.54) is 28.6 Å². The summed E-state index contributed by atoms with van der Waals surface area (Å²) in [5.74, 6) is -0.388. The van der Waals surface area contributed by atoms with Crippen LogP contribution in [0.15, 0.2) is 47.4 Å². The van der Waals surface area contributed by atoms with Gasteiger partial charge in [-0.2, -0.15) is 4.31 Å². The number of benzene rings is 2. The van der Waals surface area contributed by atoms with Crippen LogP contribution < -0.4 is 0 Å². The van der Waals surface area contributed by atoms with Crippen molar-refractivity contribution in [2.24, 2.45) is 0 Å². The monoisotopic (exact) mass is 380 g/mol. The topological polar surface area (TPSA) is 89.8 Å². The number of nitrogens with zero attached hydrogens (tertiary/aromatic N) is 2. The van der Waals surface area contributed by atoms with Gasteiger partial charge < -0.3 is 4.74 Å². The molecule has 2 aromatic carbocycles. The van der Waals surface area contributed by atoms with Crippen LogP contribution in [-0.2, 0) is 14.8 Å². The molecule has 1 atom stereocenters. The van der Waals surface area contributed by atoms with E-state index in [1.54, 1.807) is 19.1 Å². The van der Waals surface area contributed by atoms with Crippen molar-refractivity contribution < 1.29 is 22.5 Å². The molecule has 9 heteroatoms. The number of ether oxygens (including phenoxy) is 1. The molecule has 0 bridgehead atoms. The fourth-order valence-corrected chi connectivity index (χ4v) is 4.51. The van der Waals surface area contributed by atoms with Crippen molar-refractivity contribution in [3.05, 3.63) is 69.5 Å². The predicted octanol–water partition coefficient (Wildman–Crippen LogP) is 2.80. The first-order valence-electron chi connectivity index (χ1n) is 7.91. The lowest BCUT2D eigenvalue weighted by atomic mass is 10.1. The number of morpholine rings is 1. The smallest absolute Gasteiger partial charge is 0.270 e. The van der Waals surface area contributed by atoms with Crippen molar-refractivity contribution in [1.82, 2.24) is 4.31 Å². The highest BCUT2D eigenvalue weighted by Gasteiger charge is 2.33. The Labute approximate surface area is 150 Å². The summed E-state index contributed by atoms with van der Waals surface area (Å²) in [5, 5.41) is 11.0. The first kappa shape index (κ1) is 18.4. The molecule has 7 nitrogen and oxygen atoms in total. The molecule has 1 aliphatic rings. The highest BCUT2D eigenvalue weighted by atomic mass is 32.2. The number of sulfonamides is 1. The maximum atomic E-state index is 13.1. The lowest BCUT2D eigenvalue weighted by Gasteiger charge is -2.32. The SMILES string of the molecule is Cc1ccc([N+](=O)[O-])cc1S(=O)(=O)N1CCO[C@H](c2ccc(F)cc2)C1. The third kappa shape index (κ3) is 3.59. The molecule has 0 aromatic heterocycles. The second-order valence-corrected chi connectivity index (χ2v) is 7.89. The van der Waals surface area contributed by atoms with Gasteiger partial charge in [-0.3, -0.25) is 10.1 Å². The molecule has 3 rings (SSSR count). The minimum absolute atomic E-state index is 0.0517.